The zero-order chi connectivity index (χ0) is 23.0. The minimum Gasteiger partial charge on any atom is -0.445 e. The van der Waals surface area contributed by atoms with E-state index in [0.717, 1.165) is 5.56 Å². The van der Waals surface area contributed by atoms with Crippen LogP contribution in [0.5, 0.6) is 0 Å². The highest BCUT2D eigenvalue weighted by atomic mass is 32.2. The largest absolute Gasteiger partial charge is 0.445 e. The van der Waals surface area contributed by atoms with Crippen molar-refractivity contribution in [2.24, 2.45) is 0 Å². The molecule has 0 aliphatic carbocycles. The molecule has 0 saturated heterocycles. The number of hydrogen-bond donors (Lipinski definition) is 1. The molecule has 0 unspecified atom stereocenters. The average molecular weight is 456 g/mol. The predicted molar refractivity (Wildman–Crippen MR) is 127 cm³/mol. The van der Waals surface area contributed by atoms with Crippen LogP contribution in [0.3, 0.4) is 0 Å². The molecule has 0 aromatic heterocycles. The van der Waals surface area contributed by atoms with Crippen LogP contribution in [-0.2, 0) is 30.1 Å². The maximum Gasteiger partial charge on any atom is 0.407 e. The molecule has 1 atom stereocenters. The van der Waals surface area contributed by atoms with E-state index in [4.69, 9.17) is 9.16 Å². The molecule has 1 aromatic carbocycles. The molecule has 6 nitrogen and oxygen atoms in total. The number of alkyl carbamates (subject to hydrolysis) is 1. The lowest BCUT2D eigenvalue weighted by molar-refractivity contribution is -0.112. The second-order valence-electron chi connectivity index (χ2n) is 9.41. The van der Waals surface area contributed by atoms with E-state index in [1.165, 1.54) is 17.9 Å². The van der Waals surface area contributed by atoms with Crippen LogP contribution in [0.25, 0.3) is 0 Å². The summed E-state index contributed by atoms with van der Waals surface area (Å²) in [6, 6.07) is 9.06. The summed E-state index contributed by atoms with van der Waals surface area (Å²) in [6.45, 7) is 11.2. The van der Waals surface area contributed by atoms with E-state index >= 15 is 0 Å². The first-order valence-electron chi connectivity index (χ1n) is 10.1. The van der Waals surface area contributed by atoms with E-state index in [-0.39, 0.29) is 29.9 Å². The number of Topliss-reactive ketones (excluding diaryl/α,β-unsaturated/α-hetero) is 1. The van der Waals surface area contributed by atoms with Gasteiger partial charge in [0.05, 0.1) is 12.6 Å². The van der Waals surface area contributed by atoms with E-state index in [0.29, 0.717) is 13.0 Å². The summed E-state index contributed by atoms with van der Waals surface area (Å²) in [7, 11) is -4.26. The Morgan fingerprint density at radius 2 is 1.77 bits per heavy atom. The normalized spacial score (nSPS) is 13.4. The summed E-state index contributed by atoms with van der Waals surface area (Å²) < 4.78 is 23.4. The highest BCUT2D eigenvalue weighted by Crippen LogP contribution is 2.36. The first-order chi connectivity index (χ1) is 13.7. The zero-order valence-electron chi connectivity index (χ0n) is 19.3. The fourth-order valence-electron chi connectivity index (χ4n) is 2.35. The zero-order valence-corrected chi connectivity index (χ0v) is 21.1. The third kappa shape index (κ3) is 10.4. The summed E-state index contributed by atoms with van der Waals surface area (Å²) in [5.74, 6) is -0.193. The molecule has 0 heterocycles. The summed E-state index contributed by atoms with van der Waals surface area (Å²) in [4.78, 5) is 24.4. The fourth-order valence-corrected chi connectivity index (χ4v) is 4.15. The van der Waals surface area contributed by atoms with Crippen LogP contribution in [0, 0.1) is 0 Å². The van der Waals surface area contributed by atoms with Crippen LogP contribution >= 0.6 is 0 Å². The van der Waals surface area contributed by atoms with Crippen molar-refractivity contribution in [1.29, 1.82) is 0 Å². The number of carbonyl (C=O) groups is 2. The SMILES string of the molecule is CC(C)(C)[Si](C)(C)OC[C@H](CCC(=O)C=S(C)(C)=O)NC(=O)OCc1ccccc1. The fraction of sp³-hybridized carbons (Fsp3) is 0.591. The van der Waals surface area contributed by atoms with E-state index in [9.17, 15) is 13.8 Å². The number of hydrogen-bond acceptors (Lipinski definition) is 5. The maximum absolute atomic E-state index is 12.3. The predicted octanol–water partition coefficient (Wildman–Crippen LogP) is 4.00. The van der Waals surface area contributed by atoms with Crippen LogP contribution in [0.15, 0.2) is 30.3 Å². The Morgan fingerprint density at radius 1 is 1.17 bits per heavy atom. The van der Waals surface area contributed by atoms with Crippen molar-refractivity contribution < 1.29 is 23.0 Å². The molecule has 1 N–H and O–H groups in total. The Labute approximate surface area is 182 Å². The van der Waals surface area contributed by atoms with Gasteiger partial charge in [-0.05, 0) is 39.6 Å². The second-order valence-corrected chi connectivity index (χ2v) is 17.1. The molecular weight excluding hydrogens is 418 g/mol. The van der Waals surface area contributed by atoms with Gasteiger partial charge in [0.15, 0.2) is 14.1 Å². The van der Waals surface area contributed by atoms with Crippen molar-refractivity contribution in [1.82, 2.24) is 5.32 Å². The lowest BCUT2D eigenvalue weighted by Crippen LogP contribution is -2.46. The lowest BCUT2D eigenvalue weighted by Gasteiger charge is -2.37. The molecular formula is C22H37NO5SSi. The molecule has 30 heavy (non-hydrogen) atoms. The minimum atomic E-state index is -2.25. The monoisotopic (exact) mass is 455 g/mol. The van der Waals surface area contributed by atoms with Crippen LogP contribution < -0.4 is 5.32 Å². The molecule has 0 fully saturated rings. The first kappa shape index (κ1) is 26.4. The van der Waals surface area contributed by atoms with Gasteiger partial charge in [0, 0.05) is 24.3 Å². The minimum absolute atomic E-state index is 0.0326. The smallest absolute Gasteiger partial charge is 0.407 e. The van der Waals surface area contributed by atoms with Gasteiger partial charge in [0.25, 0.3) is 0 Å². The molecule has 0 bridgehead atoms. The summed E-state index contributed by atoms with van der Waals surface area (Å²) in [5.41, 5.74) is 0.896. The molecule has 0 radical (unpaired) electrons. The Morgan fingerprint density at radius 3 is 2.30 bits per heavy atom. The lowest BCUT2D eigenvalue weighted by atomic mass is 10.1. The van der Waals surface area contributed by atoms with Crippen LogP contribution in [0.4, 0.5) is 4.79 Å². The number of carbonyl (C=O) groups excluding carboxylic acids is 2. The summed E-state index contributed by atoms with van der Waals surface area (Å²) >= 11 is 0. The quantitative estimate of drug-likeness (QED) is 0.426. The number of rotatable bonds is 10. The molecule has 0 aliphatic rings. The van der Waals surface area contributed by atoms with Crippen molar-refractivity contribution >= 4 is 35.1 Å². The summed E-state index contributed by atoms with van der Waals surface area (Å²) in [6.07, 6.45) is 3.08. The van der Waals surface area contributed by atoms with E-state index in [1.807, 2.05) is 30.3 Å². The molecule has 8 heteroatoms. The van der Waals surface area contributed by atoms with Gasteiger partial charge < -0.3 is 14.5 Å². The Hall–Kier alpha value is -1.64. The molecule has 1 rings (SSSR count). The first-order valence-corrected chi connectivity index (χ1v) is 15.5. The van der Waals surface area contributed by atoms with Gasteiger partial charge in [-0.15, -0.1) is 0 Å². The Bertz CT molecular complexity index is 816. The van der Waals surface area contributed by atoms with E-state index in [2.05, 4.69) is 39.2 Å². The molecule has 1 amide bonds. The van der Waals surface area contributed by atoms with Crippen molar-refractivity contribution in [3.63, 3.8) is 0 Å². The van der Waals surface area contributed by atoms with Crippen LogP contribution in [0.1, 0.15) is 39.2 Å². The highest BCUT2D eigenvalue weighted by molar-refractivity contribution is 8.01. The third-order valence-corrected chi connectivity index (χ3v) is 10.5. The maximum atomic E-state index is 12.3. The third-order valence-electron chi connectivity index (χ3n) is 5.14. The average Bonchev–Trinajstić information content (AvgIpc) is 2.60. The van der Waals surface area contributed by atoms with Gasteiger partial charge in [0.1, 0.15) is 6.61 Å². The highest BCUT2D eigenvalue weighted by Gasteiger charge is 2.37. The second kappa shape index (κ2) is 11.1. The van der Waals surface area contributed by atoms with Gasteiger partial charge in [-0.2, -0.15) is 0 Å². The number of benzene rings is 1. The standard InChI is InChI=1S/C22H37NO5SSi/c1-22(2,3)30(6,7)28-16-19(13-14-20(24)17-29(4,5)26)23-21(25)27-15-18-11-9-8-10-12-18/h8-12,17,19H,13-16H2,1-7H3,(H,23,25)/t19-/m0/s1. The van der Waals surface area contributed by atoms with Gasteiger partial charge in [-0.25, -0.2) is 4.79 Å². The Kier molecular flexibility index (Phi) is 9.77. The van der Waals surface area contributed by atoms with E-state index < -0.39 is 23.9 Å². The van der Waals surface area contributed by atoms with Crippen molar-refractivity contribution in [2.75, 3.05) is 19.1 Å². The Balaban J connectivity index is 2.74. The van der Waals surface area contributed by atoms with Gasteiger partial charge in [-0.1, -0.05) is 51.1 Å². The number of amides is 1. The number of ether oxygens (including phenoxy) is 1. The van der Waals surface area contributed by atoms with Crippen molar-refractivity contribution in [3.8, 4) is 0 Å². The van der Waals surface area contributed by atoms with Gasteiger partial charge in [-0.3, -0.25) is 9.00 Å². The molecule has 0 aliphatic heterocycles. The summed E-state index contributed by atoms with van der Waals surface area (Å²) in [5, 5.41) is 4.13. The van der Waals surface area contributed by atoms with Crippen molar-refractivity contribution in [2.45, 2.75) is 64.4 Å². The van der Waals surface area contributed by atoms with Gasteiger partial charge in [0.2, 0.25) is 0 Å². The number of nitrogens with one attached hydrogen (secondary N) is 1. The topological polar surface area (TPSA) is 81.7 Å². The molecule has 1 aromatic rings. The molecule has 0 saturated carbocycles. The van der Waals surface area contributed by atoms with E-state index in [1.54, 1.807) is 0 Å². The van der Waals surface area contributed by atoms with Crippen LogP contribution in [0.2, 0.25) is 18.1 Å². The van der Waals surface area contributed by atoms with Crippen molar-refractivity contribution in [3.05, 3.63) is 35.9 Å². The van der Waals surface area contributed by atoms with Gasteiger partial charge >= 0.3 is 6.09 Å². The number of ketones is 1. The van der Waals surface area contributed by atoms with Crippen LogP contribution in [-0.4, -0.2) is 54.9 Å². The molecule has 0 spiro atoms. The molecule has 170 valence electrons.